The van der Waals surface area contributed by atoms with Crippen LogP contribution in [0.3, 0.4) is 0 Å². The second-order valence-electron chi connectivity index (χ2n) is 5.49. The molecule has 0 saturated heterocycles. The van der Waals surface area contributed by atoms with Crippen LogP contribution in [0.15, 0.2) is 36.1 Å². The van der Waals surface area contributed by atoms with Crippen molar-refractivity contribution in [2.45, 2.75) is 46.1 Å². The van der Waals surface area contributed by atoms with Gasteiger partial charge in [0.05, 0.1) is 6.04 Å². The minimum absolute atomic E-state index is 0.0170. The van der Waals surface area contributed by atoms with Crippen LogP contribution in [-0.4, -0.2) is 24.3 Å². The van der Waals surface area contributed by atoms with Gasteiger partial charge in [0.2, 0.25) is 5.91 Å². The Labute approximate surface area is 127 Å². The van der Waals surface area contributed by atoms with Gasteiger partial charge >= 0.3 is 0 Å². The maximum absolute atomic E-state index is 12.2. The smallest absolute Gasteiger partial charge is 0.224 e. The van der Waals surface area contributed by atoms with Crippen molar-refractivity contribution in [2.24, 2.45) is 5.92 Å². The van der Waals surface area contributed by atoms with E-state index in [2.05, 4.69) is 10.6 Å². The molecule has 0 radical (unpaired) electrons. The average Bonchev–Trinajstić information content (AvgIpc) is 2.57. The molecule has 0 fully saturated rings. The van der Waals surface area contributed by atoms with Crippen molar-refractivity contribution in [3.05, 3.63) is 36.1 Å². The predicted molar refractivity (Wildman–Crippen MR) is 85.7 cm³/mol. The zero-order chi connectivity index (χ0) is 15.7. The Hall–Kier alpha value is -1.84. The molecule has 0 bridgehead atoms. The summed E-state index contributed by atoms with van der Waals surface area (Å²) in [5.74, 6) is 0.0794. The maximum atomic E-state index is 12.2. The zero-order valence-corrected chi connectivity index (χ0v) is 13.2. The number of amides is 1. The number of Topliss-reactive ketones (excluding diaryl/α,β-unsaturated/α-hetero) is 1. The molecule has 0 aromatic carbocycles. The predicted octanol–water partition coefficient (Wildman–Crippen LogP) is 2.49. The van der Waals surface area contributed by atoms with Crippen molar-refractivity contribution in [3.8, 4) is 0 Å². The van der Waals surface area contributed by atoms with E-state index < -0.39 is 0 Å². The first-order valence-electron chi connectivity index (χ1n) is 7.57. The molecular weight excluding hydrogens is 264 g/mol. The van der Waals surface area contributed by atoms with Gasteiger partial charge in [0.1, 0.15) is 0 Å². The van der Waals surface area contributed by atoms with Gasteiger partial charge in [-0.1, -0.05) is 44.6 Å². The Morgan fingerprint density at radius 1 is 1.33 bits per heavy atom. The number of nitrogens with one attached hydrogen (secondary N) is 2. The molecule has 4 heteroatoms. The van der Waals surface area contributed by atoms with Gasteiger partial charge in [-0.15, -0.1) is 0 Å². The fraction of sp³-hybridized carbons (Fsp3) is 0.529. The van der Waals surface area contributed by atoms with Crippen molar-refractivity contribution < 1.29 is 9.59 Å². The van der Waals surface area contributed by atoms with Gasteiger partial charge in [0.25, 0.3) is 0 Å². The number of hydrogen-bond acceptors (Lipinski definition) is 3. The molecule has 1 rings (SSSR count). The second-order valence-corrected chi connectivity index (χ2v) is 5.49. The molecule has 2 N–H and O–H groups in total. The highest BCUT2D eigenvalue weighted by atomic mass is 16.2. The summed E-state index contributed by atoms with van der Waals surface area (Å²) >= 11 is 0. The average molecular weight is 290 g/mol. The maximum Gasteiger partial charge on any atom is 0.224 e. The van der Waals surface area contributed by atoms with E-state index in [1.807, 2.05) is 44.4 Å². The van der Waals surface area contributed by atoms with Crippen molar-refractivity contribution >= 4 is 11.7 Å². The summed E-state index contributed by atoms with van der Waals surface area (Å²) in [4.78, 5) is 23.8. The van der Waals surface area contributed by atoms with E-state index in [4.69, 9.17) is 0 Å². The molecule has 0 aromatic heterocycles. The van der Waals surface area contributed by atoms with Crippen LogP contribution in [0.1, 0.15) is 40.0 Å². The lowest BCUT2D eigenvalue weighted by atomic mass is 9.95. The number of carbonyl (C=O) groups excluding carboxylic acids is 2. The fourth-order valence-electron chi connectivity index (χ4n) is 2.21. The van der Waals surface area contributed by atoms with E-state index in [1.165, 1.54) is 6.92 Å². The first kappa shape index (κ1) is 17.2. The molecule has 4 nitrogen and oxygen atoms in total. The molecule has 1 unspecified atom stereocenters. The number of allylic oxidation sites excluding steroid dienone is 3. The monoisotopic (exact) mass is 290 g/mol. The van der Waals surface area contributed by atoms with Crippen LogP contribution in [-0.2, 0) is 9.59 Å². The molecule has 1 aliphatic heterocycles. The second kappa shape index (κ2) is 9.16. The van der Waals surface area contributed by atoms with Gasteiger partial charge in [0.15, 0.2) is 5.78 Å². The highest BCUT2D eigenvalue weighted by Crippen LogP contribution is 2.12. The highest BCUT2D eigenvalue weighted by molar-refractivity contribution is 5.88. The molecule has 1 heterocycles. The molecule has 0 saturated carbocycles. The fourth-order valence-corrected chi connectivity index (χ4v) is 2.21. The third kappa shape index (κ3) is 6.43. The summed E-state index contributed by atoms with van der Waals surface area (Å²) in [7, 11) is 0. The first-order valence-corrected chi connectivity index (χ1v) is 7.57. The quantitative estimate of drug-likeness (QED) is 0.790. The van der Waals surface area contributed by atoms with Crippen LogP contribution in [0.2, 0.25) is 0 Å². The van der Waals surface area contributed by atoms with E-state index in [1.54, 1.807) is 0 Å². The van der Waals surface area contributed by atoms with Crippen LogP contribution >= 0.6 is 0 Å². The van der Waals surface area contributed by atoms with E-state index in [0.29, 0.717) is 6.42 Å². The van der Waals surface area contributed by atoms with Crippen molar-refractivity contribution in [1.29, 1.82) is 0 Å². The molecule has 1 aliphatic rings. The third-order valence-corrected chi connectivity index (χ3v) is 3.66. The molecule has 21 heavy (non-hydrogen) atoms. The number of carbonyl (C=O) groups is 2. The Balaban J connectivity index is 2.60. The number of hydrogen-bond donors (Lipinski definition) is 2. The molecule has 2 atom stereocenters. The molecule has 0 aromatic rings. The van der Waals surface area contributed by atoms with E-state index in [0.717, 1.165) is 25.0 Å². The van der Waals surface area contributed by atoms with Crippen LogP contribution in [0, 0.1) is 5.92 Å². The van der Waals surface area contributed by atoms with Crippen LogP contribution in [0.4, 0.5) is 0 Å². The van der Waals surface area contributed by atoms with E-state index in [-0.39, 0.29) is 23.7 Å². The van der Waals surface area contributed by atoms with Crippen LogP contribution in [0.25, 0.3) is 0 Å². The van der Waals surface area contributed by atoms with Gasteiger partial charge in [0, 0.05) is 13.0 Å². The van der Waals surface area contributed by atoms with Crippen molar-refractivity contribution in [2.75, 3.05) is 6.54 Å². The lowest BCUT2D eigenvalue weighted by Crippen LogP contribution is -2.44. The van der Waals surface area contributed by atoms with Crippen molar-refractivity contribution in [3.63, 3.8) is 0 Å². The van der Waals surface area contributed by atoms with Gasteiger partial charge in [-0.3, -0.25) is 9.59 Å². The molecular formula is C17H26N2O2. The molecule has 0 spiro atoms. The topological polar surface area (TPSA) is 58.2 Å². The Bertz CT molecular complexity index is 450. The van der Waals surface area contributed by atoms with Crippen molar-refractivity contribution in [1.82, 2.24) is 10.6 Å². The summed E-state index contributed by atoms with van der Waals surface area (Å²) in [5, 5.41) is 6.03. The molecule has 1 amide bonds. The first-order chi connectivity index (χ1) is 10.0. The lowest BCUT2D eigenvalue weighted by Gasteiger charge is -2.22. The SMILES string of the molecule is CC[C@H](C)C(NC(=O)C/C1=C/NC/C=C\C=C/C1)C(C)=O. The van der Waals surface area contributed by atoms with Gasteiger partial charge < -0.3 is 10.6 Å². The zero-order valence-electron chi connectivity index (χ0n) is 13.2. The standard InChI is InChI=1S/C17H26N2O2/c1-4-13(2)17(14(3)20)19-16(21)11-15-9-7-5-6-8-10-18-12-15/h5-8,12-13,17-18H,4,9-11H2,1-3H3,(H,19,21)/b7-5-,8-6-,15-12+/t13-,17?/m0/s1. The Morgan fingerprint density at radius 2 is 2.05 bits per heavy atom. The van der Waals surface area contributed by atoms with E-state index in [9.17, 15) is 9.59 Å². The normalized spacial score (nSPS) is 23.1. The van der Waals surface area contributed by atoms with Gasteiger partial charge in [-0.25, -0.2) is 0 Å². The summed E-state index contributed by atoms with van der Waals surface area (Å²) < 4.78 is 0. The van der Waals surface area contributed by atoms with E-state index >= 15 is 0 Å². The number of ketones is 1. The minimum atomic E-state index is -0.385. The largest absolute Gasteiger partial charge is 0.387 e. The van der Waals surface area contributed by atoms with Gasteiger partial charge in [-0.05, 0) is 31.0 Å². The summed E-state index contributed by atoms with van der Waals surface area (Å²) in [6.07, 6.45) is 11.8. The minimum Gasteiger partial charge on any atom is -0.387 e. The van der Waals surface area contributed by atoms with Gasteiger partial charge in [-0.2, -0.15) is 0 Å². The number of rotatable bonds is 6. The molecule has 0 aliphatic carbocycles. The Kier molecular flexibility index (Phi) is 7.51. The summed E-state index contributed by atoms with van der Waals surface area (Å²) in [5.41, 5.74) is 1.01. The summed E-state index contributed by atoms with van der Waals surface area (Å²) in [6, 6.07) is -0.385. The third-order valence-electron chi connectivity index (χ3n) is 3.66. The highest BCUT2D eigenvalue weighted by Gasteiger charge is 2.22. The lowest BCUT2D eigenvalue weighted by molar-refractivity contribution is -0.127. The molecule has 116 valence electrons. The Morgan fingerprint density at radius 3 is 2.71 bits per heavy atom. The van der Waals surface area contributed by atoms with Crippen LogP contribution in [0.5, 0.6) is 0 Å². The summed E-state index contributed by atoms with van der Waals surface area (Å²) in [6.45, 7) is 6.29. The van der Waals surface area contributed by atoms with Crippen LogP contribution < -0.4 is 10.6 Å².